The van der Waals surface area contributed by atoms with Crippen LogP contribution in [-0.2, 0) is 6.42 Å². The number of rotatable bonds is 3. The molecule has 0 unspecified atom stereocenters. The van der Waals surface area contributed by atoms with Crippen LogP contribution in [0.15, 0.2) is 36.0 Å². The van der Waals surface area contributed by atoms with Gasteiger partial charge in [-0.15, -0.1) is 0 Å². The molecule has 3 N–H and O–H groups in total. The van der Waals surface area contributed by atoms with Crippen LogP contribution < -0.4 is 5.32 Å². The lowest BCUT2D eigenvalue weighted by molar-refractivity contribution is 0.330. The van der Waals surface area contributed by atoms with E-state index in [2.05, 4.69) is 40.8 Å². The molecule has 0 saturated carbocycles. The van der Waals surface area contributed by atoms with Crippen molar-refractivity contribution in [2.45, 2.75) is 25.3 Å². The van der Waals surface area contributed by atoms with Crippen molar-refractivity contribution in [1.82, 2.24) is 10.3 Å². The number of nitrogens with one attached hydrogen (secondary N) is 2. The highest BCUT2D eigenvalue weighted by molar-refractivity contribution is 5.88. The van der Waals surface area contributed by atoms with Gasteiger partial charge in [0.25, 0.3) is 0 Å². The van der Waals surface area contributed by atoms with Crippen LogP contribution in [0.25, 0.3) is 10.9 Å². The second-order valence-electron chi connectivity index (χ2n) is 5.38. The molecule has 0 aliphatic heterocycles. The zero-order chi connectivity index (χ0) is 13.4. The number of hydrogen-bond acceptors (Lipinski definition) is 2. The van der Waals surface area contributed by atoms with Crippen LogP contribution in [0.2, 0.25) is 0 Å². The highest BCUT2D eigenvalue weighted by atomic mass is 16.3. The van der Waals surface area contributed by atoms with Gasteiger partial charge in [-0.1, -0.05) is 23.8 Å². The summed E-state index contributed by atoms with van der Waals surface area (Å²) >= 11 is 0. The van der Waals surface area contributed by atoms with Crippen LogP contribution >= 0.6 is 0 Å². The number of likely N-dealkylation sites (N-methyl/N-ethyl adjacent to an activating group) is 1. The molecule has 0 spiro atoms. The second kappa shape index (κ2) is 4.83. The zero-order valence-corrected chi connectivity index (χ0v) is 11.4. The predicted octanol–water partition coefficient (Wildman–Crippen LogP) is 2.33. The Bertz CT molecular complexity index is 627. The van der Waals surface area contributed by atoms with Crippen molar-refractivity contribution in [2.75, 3.05) is 13.7 Å². The van der Waals surface area contributed by atoms with E-state index in [0.29, 0.717) is 12.0 Å². The van der Waals surface area contributed by atoms with Crippen LogP contribution in [0, 0.1) is 0 Å². The van der Waals surface area contributed by atoms with E-state index in [-0.39, 0.29) is 6.61 Å². The fourth-order valence-corrected chi connectivity index (χ4v) is 3.15. The number of H-pyrrole nitrogens is 1. The average Bonchev–Trinajstić information content (AvgIpc) is 2.86. The third kappa shape index (κ3) is 1.99. The molecule has 19 heavy (non-hydrogen) atoms. The molecule has 1 aliphatic rings. The van der Waals surface area contributed by atoms with Crippen LogP contribution in [0.5, 0.6) is 0 Å². The first-order valence-electron chi connectivity index (χ1n) is 6.79. The number of aromatic nitrogens is 1. The van der Waals surface area contributed by atoms with Gasteiger partial charge in [-0.2, -0.15) is 0 Å². The van der Waals surface area contributed by atoms with E-state index in [1.165, 1.54) is 22.0 Å². The summed E-state index contributed by atoms with van der Waals surface area (Å²) in [5.41, 5.74) is 4.98. The lowest BCUT2D eigenvalue weighted by Gasteiger charge is -2.30. The van der Waals surface area contributed by atoms with Crippen molar-refractivity contribution in [3.8, 4) is 0 Å². The summed E-state index contributed by atoms with van der Waals surface area (Å²) in [7, 11) is 2.01. The average molecular weight is 256 g/mol. The number of benzene rings is 1. The maximum absolute atomic E-state index is 9.28. The fraction of sp³-hybridized carbons (Fsp3) is 0.375. The van der Waals surface area contributed by atoms with Crippen molar-refractivity contribution in [1.29, 1.82) is 0 Å². The lowest BCUT2D eigenvalue weighted by atomic mass is 9.79. The number of aromatic amines is 1. The first-order chi connectivity index (χ1) is 9.24. The monoisotopic (exact) mass is 256 g/mol. The van der Waals surface area contributed by atoms with E-state index in [4.69, 9.17) is 0 Å². The van der Waals surface area contributed by atoms with Gasteiger partial charge in [0.05, 0.1) is 6.61 Å². The minimum Gasteiger partial charge on any atom is -0.392 e. The van der Waals surface area contributed by atoms with E-state index in [1.807, 2.05) is 14.0 Å². The summed E-state index contributed by atoms with van der Waals surface area (Å²) in [6, 6.07) is 6.82. The van der Waals surface area contributed by atoms with Crippen molar-refractivity contribution in [3.05, 3.63) is 47.2 Å². The van der Waals surface area contributed by atoms with E-state index in [9.17, 15) is 5.11 Å². The summed E-state index contributed by atoms with van der Waals surface area (Å²) in [5.74, 6) is 0.323. The van der Waals surface area contributed by atoms with Gasteiger partial charge in [-0.05, 0) is 37.6 Å². The summed E-state index contributed by atoms with van der Waals surface area (Å²) in [5, 5.41) is 14.1. The maximum atomic E-state index is 9.28. The standard InChI is InChI=1S/C16H20N2O/c1-10(9-19)6-13-12-4-3-5-14-16(12)11(8-18-14)7-15(13)17-2/h3-6,8,13,15,17-19H,7,9H2,1-2H3/b10-6+/t13-,15+/m1/s1. The van der Waals surface area contributed by atoms with Crippen LogP contribution in [0.4, 0.5) is 0 Å². The Kier molecular flexibility index (Phi) is 3.17. The topological polar surface area (TPSA) is 48.0 Å². The highest BCUT2D eigenvalue weighted by Gasteiger charge is 2.28. The Morgan fingerprint density at radius 1 is 1.53 bits per heavy atom. The van der Waals surface area contributed by atoms with Crippen molar-refractivity contribution in [2.24, 2.45) is 0 Å². The van der Waals surface area contributed by atoms with Crippen molar-refractivity contribution >= 4 is 10.9 Å². The van der Waals surface area contributed by atoms with Crippen molar-refractivity contribution in [3.63, 3.8) is 0 Å². The first kappa shape index (κ1) is 12.5. The van der Waals surface area contributed by atoms with Gasteiger partial charge >= 0.3 is 0 Å². The summed E-state index contributed by atoms with van der Waals surface area (Å²) in [4.78, 5) is 3.35. The summed E-state index contributed by atoms with van der Waals surface area (Å²) in [6.45, 7) is 2.11. The van der Waals surface area contributed by atoms with Gasteiger partial charge in [-0.3, -0.25) is 0 Å². The normalized spacial score (nSPS) is 23.0. The molecule has 1 aromatic heterocycles. The van der Waals surface area contributed by atoms with Gasteiger partial charge in [0.15, 0.2) is 0 Å². The molecule has 100 valence electrons. The quantitative estimate of drug-likeness (QED) is 0.738. The molecule has 1 aromatic carbocycles. The van der Waals surface area contributed by atoms with Crippen LogP contribution in [0.1, 0.15) is 24.0 Å². The Morgan fingerprint density at radius 2 is 2.37 bits per heavy atom. The SMILES string of the molecule is CN[C@H]1Cc2c[nH]c3cccc(c23)[C@H]1/C=C(\C)CO. The molecular weight excluding hydrogens is 236 g/mol. The van der Waals surface area contributed by atoms with E-state index >= 15 is 0 Å². The van der Waals surface area contributed by atoms with Gasteiger partial charge in [-0.25, -0.2) is 0 Å². The Labute approximate surface area is 113 Å². The minimum absolute atomic E-state index is 0.128. The van der Waals surface area contributed by atoms with E-state index in [1.54, 1.807) is 0 Å². The van der Waals surface area contributed by atoms with Gasteiger partial charge in [0.2, 0.25) is 0 Å². The first-order valence-corrected chi connectivity index (χ1v) is 6.79. The fourth-order valence-electron chi connectivity index (χ4n) is 3.15. The number of aliphatic hydroxyl groups is 1. The number of aliphatic hydroxyl groups excluding tert-OH is 1. The van der Waals surface area contributed by atoms with E-state index < -0.39 is 0 Å². The predicted molar refractivity (Wildman–Crippen MR) is 78.4 cm³/mol. The molecule has 0 saturated heterocycles. The maximum Gasteiger partial charge on any atom is 0.0639 e. The molecule has 1 heterocycles. The zero-order valence-electron chi connectivity index (χ0n) is 11.4. The minimum atomic E-state index is 0.128. The smallest absolute Gasteiger partial charge is 0.0639 e. The molecule has 3 heteroatoms. The largest absolute Gasteiger partial charge is 0.392 e. The van der Waals surface area contributed by atoms with Gasteiger partial charge in [0.1, 0.15) is 0 Å². The summed E-state index contributed by atoms with van der Waals surface area (Å²) in [6.07, 6.45) is 5.34. The molecule has 3 nitrogen and oxygen atoms in total. The molecule has 0 fully saturated rings. The molecule has 0 radical (unpaired) electrons. The van der Waals surface area contributed by atoms with Gasteiger partial charge in [0, 0.05) is 29.1 Å². The molecule has 1 aliphatic carbocycles. The van der Waals surface area contributed by atoms with Crippen LogP contribution in [-0.4, -0.2) is 29.8 Å². The number of hydrogen-bond donors (Lipinski definition) is 3. The third-order valence-corrected chi connectivity index (χ3v) is 4.14. The molecule has 0 bridgehead atoms. The molecule has 2 aromatic rings. The second-order valence-corrected chi connectivity index (χ2v) is 5.38. The van der Waals surface area contributed by atoms with E-state index in [0.717, 1.165) is 12.0 Å². The third-order valence-electron chi connectivity index (χ3n) is 4.14. The molecular formula is C16H20N2O. The van der Waals surface area contributed by atoms with Crippen molar-refractivity contribution < 1.29 is 5.11 Å². The highest BCUT2D eigenvalue weighted by Crippen LogP contribution is 2.37. The molecule has 3 rings (SSSR count). The Hall–Kier alpha value is -1.58. The lowest BCUT2D eigenvalue weighted by Crippen LogP contribution is -2.35. The van der Waals surface area contributed by atoms with Gasteiger partial charge < -0.3 is 15.4 Å². The molecule has 0 amide bonds. The van der Waals surface area contributed by atoms with Crippen LogP contribution in [0.3, 0.4) is 0 Å². The molecule has 2 atom stereocenters. The Balaban J connectivity index is 2.17. The summed E-state index contributed by atoms with van der Waals surface area (Å²) < 4.78 is 0. The Morgan fingerprint density at radius 3 is 3.11 bits per heavy atom.